The van der Waals surface area contributed by atoms with Gasteiger partial charge >= 0.3 is 17.8 Å². The van der Waals surface area contributed by atoms with Gasteiger partial charge in [-0.05, 0) is 56.2 Å². The maximum absolute atomic E-state index is 13.2. The summed E-state index contributed by atoms with van der Waals surface area (Å²) >= 11 is 0. The Morgan fingerprint density at radius 2 is 1.85 bits per heavy atom. The van der Waals surface area contributed by atoms with Crippen molar-refractivity contribution < 1.29 is 38.7 Å². The van der Waals surface area contributed by atoms with Crippen LogP contribution in [0.25, 0.3) is 0 Å². The summed E-state index contributed by atoms with van der Waals surface area (Å²) in [6.45, 7) is 9.04. The number of aromatic amines is 1. The summed E-state index contributed by atoms with van der Waals surface area (Å²) in [4.78, 5) is 49.1. The molecule has 1 amide bonds. The number of amides is 1. The van der Waals surface area contributed by atoms with E-state index in [4.69, 9.17) is 25.7 Å². The Morgan fingerprint density at radius 3 is 2.41 bits per heavy atom. The number of carbonyl (C=O) groups excluding carboxylic acids is 3. The van der Waals surface area contributed by atoms with Crippen molar-refractivity contribution in [2.24, 2.45) is 33.7 Å². The average molecular weight is 648 g/mol. The van der Waals surface area contributed by atoms with Crippen molar-refractivity contribution in [1.29, 1.82) is 0 Å². The number of nitrogens with two attached hydrogens (primary N) is 2. The lowest BCUT2D eigenvalue weighted by Gasteiger charge is -2.31. The van der Waals surface area contributed by atoms with Crippen molar-refractivity contribution in [3.8, 4) is 0 Å². The number of rotatable bonds is 12. The minimum atomic E-state index is -1.62. The summed E-state index contributed by atoms with van der Waals surface area (Å²) in [6, 6.07) is 2.34. The van der Waals surface area contributed by atoms with E-state index in [-0.39, 0.29) is 36.2 Å². The number of aromatic nitrogens is 1. The third-order valence-corrected chi connectivity index (χ3v) is 9.20. The molecule has 8 N–H and O–H groups in total. The molecule has 1 saturated heterocycles. The highest BCUT2D eigenvalue weighted by Gasteiger charge is 2.58. The molecule has 0 unspecified atom stereocenters. The number of likely N-dealkylation sites (N-methyl/N-ethyl adjacent to an activating group) is 1. The van der Waals surface area contributed by atoms with Crippen molar-refractivity contribution in [3.63, 3.8) is 0 Å². The fraction of sp³-hybridized carbons (Fsp3) is 0.727. The topological polar surface area (TPSA) is 205 Å². The zero-order valence-electron chi connectivity index (χ0n) is 28.3. The van der Waals surface area contributed by atoms with Crippen LogP contribution >= 0.6 is 0 Å². The molecule has 46 heavy (non-hydrogen) atoms. The number of ether oxygens (including phenoxy) is 3. The van der Waals surface area contributed by atoms with E-state index in [1.54, 1.807) is 19.2 Å². The molecule has 3 rings (SSSR count). The van der Waals surface area contributed by atoms with E-state index in [0.29, 0.717) is 30.7 Å². The van der Waals surface area contributed by atoms with Gasteiger partial charge in [0.25, 0.3) is 5.84 Å². The number of carbonyl (C=O) groups is 3. The molecule has 2 aliphatic rings. The molecule has 1 aromatic rings. The molecule has 1 aromatic heterocycles. The molecule has 0 radical (unpaired) electrons. The third kappa shape index (κ3) is 9.02. The van der Waals surface area contributed by atoms with Crippen LogP contribution < -0.4 is 21.8 Å². The first-order valence-electron chi connectivity index (χ1n) is 16.6. The molecule has 1 saturated carbocycles. The molecular weight excluding hydrogens is 592 g/mol. The summed E-state index contributed by atoms with van der Waals surface area (Å²) in [5.41, 5.74) is 10.4. The van der Waals surface area contributed by atoms with Crippen molar-refractivity contribution in [2.75, 3.05) is 13.7 Å². The van der Waals surface area contributed by atoms with Crippen molar-refractivity contribution in [2.45, 2.75) is 122 Å². The second kappa shape index (κ2) is 16.6. The van der Waals surface area contributed by atoms with Gasteiger partial charge in [-0.25, -0.2) is 4.99 Å². The molecule has 13 heteroatoms. The van der Waals surface area contributed by atoms with Gasteiger partial charge in [0.2, 0.25) is 0 Å². The smallest absolute Gasteiger partial charge is 0.323 e. The van der Waals surface area contributed by atoms with E-state index < -0.39 is 41.5 Å². The molecule has 1 aliphatic carbocycles. The van der Waals surface area contributed by atoms with Crippen LogP contribution in [0.2, 0.25) is 0 Å². The third-order valence-electron chi connectivity index (χ3n) is 9.20. The Labute approximate surface area is 272 Å². The van der Waals surface area contributed by atoms with Crippen LogP contribution in [0, 0.1) is 17.3 Å². The van der Waals surface area contributed by atoms with E-state index >= 15 is 0 Å². The van der Waals surface area contributed by atoms with Gasteiger partial charge in [0, 0.05) is 6.42 Å². The minimum absolute atomic E-state index is 0.188. The Kier molecular flexibility index (Phi) is 13.5. The zero-order valence-corrected chi connectivity index (χ0v) is 28.3. The summed E-state index contributed by atoms with van der Waals surface area (Å²) in [7, 11) is 1.58. The lowest BCUT2D eigenvalue weighted by molar-refractivity contribution is -0.309. The van der Waals surface area contributed by atoms with Crippen LogP contribution in [-0.2, 0) is 34.3 Å². The molecular formula is C33H55N6O7+. The van der Waals surface area contributed by atoms with Crippen molar-refractivity contribution in [3.05, 3.63) is 23.5 Å². The van der Waals surface area contributed by atoms with E-state index in [9.17, 15) is 19.5 Å². The van der Waals surface area contributed by atoms with E-state index in [0.717, 1.165) is 25.7 Å². The normalized spacial score (nSPS) is 25.5. The van der Waals surface area contributed by atoms with Crippen LogP contribution in [0.1, 0.15) is 104 Å². The van der Waals surface area contributed by atoms with Gasteiger partial charge in [0.15, 0.2) is 18.2 Å². The van der Waals surface area contributed by atoms with E-state index in [2.05, 4.69) is 20.3 Å². The largest absolute Gasteiger partial charge is 0.463 e. The standard InChI is InChI=1S/C33H54N6O7/c1-7-21(8-2)30(42)39-29(37-19-34)22-15-16-24(38-22)33(36-6)28(41)26(45-31(43)27(35)32(3,4)5)23(46-33)18-44-25(40)17-20-13-11-9-10-12-14-20/h15-16,19-21,23,26-28,36,38,41H,7-14,17-18,35H2,1-6H3,(H2,34,37,39,42)/p+1/t23-,26-,27-,28-,33+/m1/s1. The second-order valence-electron chi connectivity index (χ2n) is 13.5. The predicted molar refractivity (Wildman–Crippen MR) is 173 cm³/mol. The molecule has 258 valence electrons. The molecule has 0 bridgehead atoms. The van der Waals surface area contributed by atoms with E-state index in [1.807, 2.05) is 34.6 Å². The first-order valence-corrected chi connectivity index (χ1v) is 16.6. The van der Waals surface area contributed by atoms with Crippen LogP contribution in [0.3, 0.4) is 0 Å². The number of esters is 2. The van der Waals surface area contributed by atoms with Gasteiger partial charge in [-0.1, -0.05) is 65.3 Å². The Hall–Kier alpha value is -3.13. The van der Waals surface area contributed by atoms with Crippen LogP contribution in [0.4, 0.5) is 0 Å². The number of H-pyrrole nitrogens is 1. The second-order valence-corrected chi connectivity index (χ2v) is 13.5. The van der Waals surface area contributed by atoms with Gasteiger partial charge in [0.05, 0.1) is 11.6 Å². The molecule has 1 aliphatic heterocycles. The Bertz CT molecular complexity index is 1230. The summed E-state index contributed by atoms with van der Waals surface area (Å²) < 4.78 is 17.9. The van der Waals surface area contributed by atoms with Crippen LogP contribution in [0.5, 0.6) is 0 Å². The fourth-order valence-corrected chi connectivity index (χ4v) is 6.08. The number of nitrogens with one attached hydrogen (secondary N) is 3. The minimum Gasteiger partial charge on any atom is -0.463 e. The molecule has 2 fully saturated rings. The number of aliphatic imine (C=N–C) groups is 1. The maximum atomic E-state index is 13.2. The average Bonchev–Trinajstić information content (AvgIpc) is 3.50. The molecule has 5 atom stereocenters. The fourth-order valence-electron chi connectivity index (χ4n) is 6.08. The number of aliphatic hydroxyl groups excluding tert-OH is 1. The number of hydrogen-bond acceptors (Lipinski definition) is 9. The maximum Gasteiger partial charge on any atom is 0.323 e. The van der Waals surface area contributed by atoms with Crippen LogP contribution in [-0.4, -0.2) is 78.1 Å². The van der Waals surface area contributed by atoms with Gasteiger partial charge < -0.3 is 35.8 Å². The first-order chi connectivity index (χ1) is 21.8. The first kappa shape index (κ1) is 37.3. The Morgan fingerprint density at radius 1 is 1.20 bits per heavy atom. The van der Waals surface area contributed by atoms with E-state index in [1.165, 1.54) is 19.2 Å². The lowest BCUT2D eigenvalue weighted by atomic mass is 9.87. The van der Waals surface area contributed by atoms with Gasteiger partial charge in [-0.2, -0.15) is 0 Å². The predicted octanol–water partition coefficient (Wildman–Crippen LogP) is 1.11. The number of nitrogens with zero attached hydrogens (tertiary/aromatic N) is 1. The number of hydrogen-bond donors (Lipinski definition) is 6. The highest BCUT2D eigenvalue weighted by Crippen LogP contribution is 2.39. The monoisotopic (exact) mass is 647 g/mol. The quantitative estimate of drug-likeness (QED) is 0.0825. The lowest BCUT2D eigenvalue weighted by Crippen LogP contribution is -2.76. The van der Waals surface area contributed by atoms with Gasteiger partial charge in [-0.15, -0.1) is 0 Å². The summed E-state index contributed by atoms with van der Waals surface area (Å²) in [5, 5.41) is 14.8. The summed E-state index contributed by atoms with van der Waals surface area (Å²) in [5.74, 6) is -1.16. The van der Waals surface area contributed by atoms with Gasteiger partial charge in [-0.3, -0.25) is 19.7 Å². The van der Waals surface area contributed by atoms with Gasteiger partial charge in [0.1, 0.15) is 30.6 Å². The zero-order chi connectivity index (χ0) is 34.1. The highest BCUT2D eigenvalue weighted by molar-refractivity contribution is 5.99. The molecule has 0 spiro atoms. The summed E-state index contributed by atoms with van der Waals surface area (Å²) in [6.07, 6.45) is 5.58. The number of aliphatic hydroxyl groups is 1. The van der Waals surface area contributed by atoms with Crippen molar-refractivity contribution >= 4 is 30.0 Å². The Balaban J connectivity index is 1.91. The number of amidine groups is 1. The molecule has 13 nitrogen and oxygen atoms in total. The SMILES string of the molecule is CCC(CC)C(=O)N=C([NH+]=CN)c1ccc([C@]2(NC)O[C@H](COC(=O)CC3CCCCCC3)[C@@H](OC(=O)[C@@H](N)C(C)(C)C)[C@H]2O)[nH]1. The highest BCUT2D eigenvalue weighted by atomic mass is 16.6. The van der Waals surface area contributed by atoms with Crippen LogP contribution in [0.15, 0.2) is 17.1 Å². The van der Waals surface area contributed by atoms with Crippen molar-refractivity contribution in [1.82, 2.24) is 10.3 Å². The molecule has 0 aromatic carbocycles. The molecule has 2 heterocycles.